The first-order valence-corrected chi connectivity index (χ1v) is 10.7. The molecule has 2 aromatic rings. The van der Waals surface area contributed by atoms with Gasteiger partial charge in [-0.1, -0.05) is 37.6 Å². The maximum atomic E-state index is 5.27. The predicted octanol–water partition coefficient (Wildman–Crippen LogP) is 5.51. The number of hydrogen-bond acceptors (Lipinski definition) is 3. The van der Waals surface area contributed by atoms with E-state index < -0.39 is 0 Å². The molecule has 0 N–H and O–H groups in total. The predicted molar refractivity (Wildman–Crippen MR) is 116 cm³/mol. The second kappa shape index (κ2) is 10.5. The Bertz CT molecular complexity index is 636. The van der Waals surface area contributed by atoms with Crippen molar-refractivity contribution >= 4 is 0 Å². The molecule has 0 radical (unpaired) electrons. The summed E-state index contributed by atoms with van der Waals surface area (Å²) in [5.41, 5.74) is 2.83. The smallest absolute Gasteiger partial charge is 0.118 e. The molecule has 1 aliphatic rings. The van der Waals surface area contributed by atoms with Crippen LogP contribution in [0.25, 0.3) is 0 Å². The molecule has 28 heavy (non-hydrogen) atoms. The molecule has 0 aromatic heterocycles. The molecular weight excluding hydrogens is 346 g/mol. The second-order valence-electron chi connectivity index (χ2n) is 7.84. The monoisotopic (exact) mass is 381 g/mol. The number of benzene rings is 2. The quantitative estimate of drug-likeness (QED) is 0.571. The molecule has 2 unspecified atom stereocenters. The summed E-state index contributed by atoms with van der Waals surface area (Å²) >= 11 is 0. The summed E-state index contributed by atoms with van der Waals surface area (Å²) in [6.07, 6.45) is 8.83. The van der Waals surface area contributed by atoms with Gasteiger partial charge in [-0.2, -0.15) is 0 Å². The molecule has 3 heteroatoms. The Morgan fingerprint density at radius 2 is 1.18 bits per heavy atom. The van der Waals surface area contributed by atoms with E-state index in [1.807, 2.05) is 0 Å². The average molecular weight is 382 g/mol. The summed E-state index contributed by atoms with van der Waals surface area (Å²) in [5.74, 6) is 1.88. The summed E-state index contributed by atoms with van der Waals surface area (Å²) in [4.78, 5) is 2.77. The Labute approximate surface area is 170 Å². The lowest BCUT2D eigenvalue weighted by Gasteiger charge is -2.42. The zero-order chi connectivity index (χ0) is 19.8. The number of aryl methyl sites for hydroxylation is 2. The normalized spacial score (nSPS) is 20.1. The van der Waals surface area contributed by atoms with E-state index in [1.54, 1.807) is 14.2 Å². The summed E-state index contributed by atoms with van der Waals surface area (Å²) in [6.45, 7) is 3.48. The van der Waals surface area contributed by atoms with Crippen molar-refractivity contribution in [2.24, 2.45) is 0 Å². The number of likely N-dealkylation sites (tertiary alicyclic amines) is 1. The molecule has 1 heterocycles. The fraction of sp³-hybridized carbons (Fsp3) is 0.520. The summed E-state index contributed by atoms with van der Waals surface area (Å²) in [5, 5.41) is 0. The lowest BCUT2D eigenvalue weighted by Crippen LogP contribution is -2.46. The Morgan fingerprint density at radius 1 is 0.750 bits per heavy atom. The van der Waals surface area contributed by atoms with Crippen LogP contribution in [0.4, 0.5) is 0 Å². The van der Waals surface area contributed by atoms with E-state index in [0.717, 1.165) is 30.9 Å². The van der Waals surface area contributed by atoms with Gasteiger partial charge in [-0.05, 0) is 80.5 Å². The third-order valence-corrected chi connectivity index (χ3v) is 6.23. The highest BCUT2D eigenvalue weighted by atomic mass is 16.5. The van der Waals surface area contributed by atoms with Gasteiger partial charge in [0, 0.05) is 12.1 Å². The Balaban J connectivity index is 1.53. The van der Waals surface area contributed by atoms with Crippen LogP contribution in [-0.4, -0.2) is 37.7 Å². The zero-order valence-corrected chi connectivity index (χ0v) is 17.7. The van der Waals surface area contributed by atoms with Gasteiger partial charge < -0.3 is 9.47 Å². The zero-order valence-electron chi connectivity index (χ0n) is 17.7. The lowest BCUT2D eigenvalue weighted by atomic mass is 9.89. The van der Waals surface area contributed by atoms with Crippen LogP contribution in [0.2, 0.25) is 0 Å². The Kier molecular flexibility index (Phi) is 7.79. The fourth-order valence-corrected chi connectivity index (χ4v) is 4.61. The van der Waals surface area contributed by atoms with Crippen LogP contribution in [0, 0.1) is 0 Å². The molecule has 2 aromatic carbocycles. The van der Waals surface area contributed by atoms with Crippen molar-refractivity contribution in [1.29, 1.82) is 0 Å². The van der Waals surface area contributed by atoms with Crippen molar-refractivity contribution in [3.8, 4) is 11.5 Å². The highest BCUT2D eigenvalue weighted by Gasteiger charge is 2.28. The van der Waals surface area contributed by atoms with Crippen LogP contribution in [-0.2, 0) is 12.8 Å². The van der Waals surface area contributed by atoms with E-state index in [-0.39, 0.29) is 0 Å². The second-order valence-corrected chi connectivity index (χ2v) is 7.84. The van der Waals surface area contributed by atoms with Crippen LogP contribution in [0.3, 0.4) is 0 Å². The highest BCUT2D eigenvalue weighted by Crippen LogP contribution is 2.29. The largest absolute Gasteiger partial charge is 0.497 e. The van der Waals surface area contributed by atoms with Crippen molar-refractivity contribution in [3.63, 3.8) is 0 Å². The van der Waals surface area contributed by atoms with Gasteiger partial charge >= 0.3 is 0 Å². The first-order chi connectivity index (χ1) is 13.7. The molecule has 3 rings (SSSR count). The molecule has 0 saturated carbocycles. The number of piperidine rings is 1. The number of hydrogen-bond donors (Lipinski definition) is 0. The molecule has 2 atom stereocenters. The first-order valence-electron chi connectivity index (χ1n) is 10.7. The molecule has 1 fully saturated rings. The van der Waals surface area contributed by atoms with E-state index >= 15 is 0 Å². The van der Waals surface area contributed by atoms with E-state index in [2.05, 4.69) is 60.4 Å². The van der Waals surface area contributed by atoms with Crippen molar-refractivity contribution in [3.05, 3.63) is 59.7 Å². The van der Waals surface area contributed by atoms with Crippen LogP contribution in [0.1, 0.15) is 50.2 Å². The third kappa shape index (κ3) is 5.51. The summed E-state index contributed by atoms with van der Waals surface area (Å²) < 4.78 is 10.5. The average Bonchev–Trinajstić information content (AvgIpc) is 2.76. The Hall–Kier alpha value is -2.00. The standard InChI is InChI=1S/C25H35NO2/c1-4-26-22(14-8-20-10-16-24(27-2)17-11-20)6-5-7-23(26)15-9-21-12-18-25(28-3)19-13-21/h10-13,16-19,22-23H,4-9,14-15H2,1-3H3. The molecule has 1 saturated heterocycles. The minimum Gasteiger partial charge on any atom is -0.497 e. The van der Waals surface area contributed by atoms with Crippen molar-refractivity contribution in [1.82, 2.24) is 4.90 Å². The minimum atomic E-state index is 0.710. The van der Waals surface area contributed by atoms with Gasteiger partial charge in [0.1, 0.15) is 11.5 Å². The van der Waals surface area contributed by atoms with Crippen molar-refractivity contribution in [2.75, 3.05) is 20.8 Å². The molecule has 0 amide bonds. The molecule has 0 spiro atoms. The molecule has 1 aliphatic heterocycles. The van der Waals surface area contributed by atoms with E-state index in [1.165, 1.54) is 43.2 Å². The van der Waals surface area contributed by atoms with Crippen LogP contribution in [0.15, 0.2) is 48.5 Å². The SMILES string of the molecule is CCN1C(CCc2ccc(OC)cc2)CCCC1CCc1ccc(OC)cc1. The number of nitrogens with zero attached hydrogens (tertiary/aromatic N) is 1. The minimum absolute atomic E-state index is 0.710. The van der Waals surface area contributed by atoms with Crippen LogP contribution in [0.5, 0.6) is 11.5 Å². The van der Waals surface area contributed by atoms with Gasteiger partial charge in [-0.3, -0.25) is 4.90 Å². The maximum absolute atomic E-state index is 5.27. The molecular formula is C25H35NO2. The molecule has 3 nitrogen and oxygen atoms in total. The first kappa shape index (κ1) is 20.7. The summed E-state index contributed by atoms with van der Waals surface area (Å²) in [6, 6.07) is 18.5. The van der Waals surface area contributed by atoms with Crippen LogP contribution >= 0.6 is 0 Å². The highest BCUT2D eigenvalue weighted by molar-refractivity contribution is 5.28. The number of methoxy groups -OCH3 is 2. The van der Waals surface area contributed by atoms with Crippen molar-refractivity contribution < 1.29 is 9.47 Å². The van der Waals surface area contributed by atoms with E-state index in [9.17, 15) is 0 Å². The van der Waals surface area contributed by atoms with E-state index in [4.69, 9.17) is 9.47 Å². The molecule has 0 aliphatic carbocycles. The van der Waals surface area contributed by atoms with Gasteiger partial charge in [0.05, 0.1) is 14.2 Å². The van der Waals surface area contributed by atoms with Gasteiger partial charge in [-0.25, -0.2) is 0 Å². The van der Waals surface area contributed by atoms with Crippen molar-refractivity contribution in [2.45, 2.75) is 64.0 Å². The molecule has 152 valence electrons. The number of ether oxygens (including phenoxy) is 2. The van der Waals surface area contributed by atoms with Gasteiger partial charge in [0.2, 0.25) is 0 Å². The number of rotatable bonds is 9. The summed E-state index contributed by atoms with van der Waals surface area (Å²) in [7, 11) is 3.45. The van der Waals surface area contributed by atoms with Gasteiger partial charge in [-0.15, -0.1) is 0 Å². The Morgan fingerprint density at radius 3 is 1.54 bits per heavy atom. The lowest BCUT2D eigenvalue weighted by molar-refractivity contribution is 0.0785. The fourth-order valence-electron chi connectivity index (χ4n) is 4.61. The van der Waals surface area contributed by atoms with Crippen LogP contribution < -0.4 is 9.47 Å². The third-order valence-electron chi connectivity index (χ3n) is 6.23. The maximum Gasteiger partial charge on any atom is 0.118 e. The topological polar surface area (TPSA) is 21.7 Å². The van der Waals surface area contributed by atoms with Gasteiger partial charge in [0.15, 0.2) is 0 Å². The van der Waals surface area contributed by atoms with E-state index in [0.29, 0.717) is 12.1 Å². The molecule has 0 bridgehead atoms. The van der Waals surface area contributed by atoms with Gasteiger partial charge in [0.25, 0.3) is 0 Å².